The van der Waals surface area contributed by atoms with E-state index in [9.17, 15) is 9.59 Å². The zero-order valence-corrected chi connectivity index (χ0v) is 18.1. The fourth-order valence-electron chi connectivity index (χ4n) is 3.53. The highest BCUT2D eigenvalue weighted by Crippen LogP contribution is 2.25. The van der Waals surface area contributed by atoms with Crippen LogP contribution in [0.5, 0.6) is 0 Å². The van der Waals surface area contributed by atoms with Gasteiger partial charge in [0.15, 0.2) is 5.58 Å². The molecule has 0 fully saturated rings. The van der Waals surface area contributed by atoms with E-state index < -0.39 is 13.8 Å². The van der Waals surface area contributed by atoms with Crippen molar-refractivity contribution < 1.29 is 13.9 Å². The topological polar surface area (TPSA) is 64.7 Å². The lowest BCUT2D eigenvalue weighted by Gasteiger charge is -2.16. The normalized spacial score (nSPS) is 14.0. The van der Waals surface area contributed by atoms with Crippen LogP contribution >= 0.6 is 0 Å². The Morgan fingerprint density at radius 2 is 1.90 bits per heavy atom. The molecule has 0 N–H and O–H groups in total. The van der Waals surface area contributed by atoms with Gasteiger partial charge in [0.25, 0.3) is 5.91 Å². The second-order valence-electron chi connectivity index (χ2n) is 8.76. The summed E-state index contributed by atoms with van der Waals surface area (Å²) in [6.45, 7) is 8.79. The van der Waals surface area contributed by atoms with Crippen LogP contribution in [0, 0.1) is 0 Å². The van der Waals surface area contributed by atoms with Gasteiger partial charge in [0.1, 0.15) is 6.73 Å². The minimum atomic E-state index is -1.17. The molecule has 0 atom stereocenters. The van der Waals surface area contributed by atoms with Crippen molar-refractivity contribution in [2.75, 3.05) is 6.61 Å². The quantitative estimate of drug-likeness (QED) is 0.435. The van der Waals surface area contributed by atoms with Gasteiger partial charge in [0.05, 0.1) is 5.52 Å². The molecule has 0 spiro atoms. The van der Waals surface area contributed by atoms with Gasteiger partial charge in [-0.1, -0.05) is 43.9 Å². The molecule has 7 heteroatoms. The SMILES string of the molecule is C[Si](C)(C)CCOCn1c(=O)oc2cc(CN3Cc4ccccc4C3=O)ccc21. The first-order valence-electron chi connectivity index (χ1n) is 9.89. The number of aromatic nitrogens is 1. The molecule has 6 nitrogen and oxygen atoms in total. The van der Waals surface area contributed by atoms with E-state index in [-0.39, 0.29) is 12.6 Å². The van der Waals surface area contributed by atoms with E-state index in [1.165, 1.54) is 4.57 Å². The highest BCUT2D eigenvalue weighted by Gasteiger charge is 2.26. The molecule has 0 saturated heterocycles. The lowest BCUT2D eigenvalue weighted by molar-refractivity contribution is 0.0766. The van der Waals surface area contributed by atoms with E-state index in [1.807, 2.05) is 42.5 Å². The highest BCUT2D eigenvalue weighted by atomic mass is 28.3. The van der Waals surface area contributed by atoms with E-state index >= 15 is 0 Å². The predicted molar refractivity (Wildman–Crippen MR) is 115 cm³/mol. The average Bonchev–Trinajstić information content (AvgIpc) is 3.14. The van der Waals surface area contributed by atoms with Crippen molar-refractivity contribution in [1.82, 2.24) is 9.47 Å². The van der Waals surface area contributed by atoms with Crippen molar-refractivity contribution in [2.24, 2.45) is 0 Å². The molecule has 1 amide bonds. The molecule has 29 heavy (non-hydrogen) atoms. The van der Waals surface area contributed by atoms with Gasteiger partial charge in [0, 0.05) is 33.3 Å². The van der Waals surface area contributed by atoms with Crippen molar-refractivity contribution >= 4 is 25.1 Å². The number of carbonyl (C=O) groups is 1. The summed E-state index contributed by atoms with van der Waals surface area (Å²) >= 11 is 0. The Balaban J connectivity index is 1.47. The minimum absolute atomic E-state index is 0.0375. The van der Waals surface area contributed by atoms with Crippen LogP contribution in [0.15, 0.2) is 51.7 Å². The predicted octanol–water partition coefficient (Wildman–Crippen LogP) is 4.06. The number of amides is 1. The smallest absolute Gasteiger partial charge is 0.408 e. The number of carbonyl (C=O) groups excluding carboxylic acids is 1. The minimum Gasteiger partial charge on any atom is -0.408 e. The summed E-state index contributed by atoms with van der Waals surface area (Å²) < 4.78 is 12.7. The van der Waals surface area contributed by atoms with Crippen LogP contribution < -0.4 is 5.76 Å². The monoisotopic (exact) mass is 410 g/mol. The molecule has 0 unspecified atom stereocenters. The van der Waals surface area contributed by atoms with Crippen molar-refractivity contribution in [2.45, 2.75) is 45.5 Å². The molecule has 2 heterocycles. The van der Waals surface area contributed by atoms with Crippen LogP contribution in [0.1, 0.15) is 21.5 Å². The van der Waals surface area contributed by atoms with E-state index in [0.29, 0.717) is 30.8 Å². The summed E-state index contributed by atoms with van der Waals surface area (Å²) in [5.41, 5.74) is 3.97. The first-order valence-corrected chi connectivity index (χ1v) is 13.6. The molecule has 0 saturated carbocycles. The molecule has 2 aromatic carbocycles. The number of fused-ring (bicyclic) bond motifs is 2. The molecule has 0 radical (unpaired) electrons. The average molecular weight is 411 g/mol. The Morgan fingerprint density at radius 1 is 1.10 bits per heavy atom. The van der Waals surface area contributed by atoms with Crippen molar-refractivity contribution in [3.05, 3.63) is 69.7 Å². The molecule has 4 rings (SSSR count). The van der Waals surface area contributed by atoms with E-state index in [0.717, 1.165) is 22.7 Å². The van der Waals surface area contributed by atoms with Gasteiger partial charge in [-0.3, -0.25) is 4.79 Å². The summed E-state index contributed by atoms with van der Waals surface area (Å²) in [5.74, 6) is -0.384. The van der Waals surface area contributed by atoms with Crippen LogP contribution in [0.4, 0.5) is 0 Å². The van der Waals surface area contributed by atoms with Gasteiger partial charge < -0.3 is 14.1 Å². The van der Waals surface area contributed by atoms with Crippen molar-refractivity contribution in [3.63, 3.8) is 0 Å². The zero-order chi connectivity index (χ0) is 20.6. The molecular formula is C22H26N2O4Si. The number of nitrogens with zero attached hydrogens (tertiary/aromatic N) is 2. The lowest BCUT2D eigenvalue weighted by Crippen LogP contribution is -2.23. The summed E-state index contributed by atoms with van der Waals surface area (Å²) in [6, 6.07) is 14.4. The van der Waals surface area contributed by atoms with E-state index in [4.69, 9.17) is 9.15 Å². The van der Waals surface area contributed by atoms with Crippen molar-refractivity contribution in [1.29, 1.82) is 0 Å². The second kappa shape index (κ2) is 7.65. The molecule has 1 aliphatic rings. The fraction of sp³-hybridized carbons (Fsp3) is 0.364. The Labute approximate surface area is 170 Å². The van der Waals surface area contributed by atoms with Gasteiger partial charge in [-0.15, -0.1) is 0 Å². The first kappa shape index (κ1) is 19.7. The Morgan fingerprint density at radius 3 is 2.66 bits per heavy atom. The summed E-state index contributed by atoms with van der Waals surface area (Å²) in [6.07, 6.45) is 0. The maximum Gasteiger partial charge on any atom is 0.421 e. The molecule has 1 aromatic heterocycles. The third-order valence-corrected chi connectivity index (χ3v) is 6.92. The molecule has 3 aromatic rings. The molecule has 0 aliphatic carbocycles. The summed E-state index contributed by atoms with van der Waals surface area (Å²) in [5, 5.41) is 0. The highest BCUT2D eigenvalue weighted by molar-refractivity contribution is 6.76. The van der Waals surface area contributed by atoms with Gasteiger partial charge >= 0.3 is 5.76 Å². The number of benzene rings is 2. The number of hydrogen-bond donors (Lipinski definition) is 0. The maximum atomic E-state index is 12.6. The number of oxazole rings is 1. The number of hydrogen-bond acceptors (Lipinski definition) is 4. The first-order chi connectivity index (χ1) is 13.8. The standard InChI is InChI=1S/C22H26N2O4Si/c1-29(2,3)11-10-27-15-24-19-9-8-16(12-20(19)28-22(24)26)13-23-14-17-6-4-5-7-18(17)21(23)25/h4-9,12H,10-11,13-15H2,1-3H3. The van der Waals surface area contributed by atoms with Gasteiger partial charge in [0.2, 0.25) is 0 Å². The van der Waals surface area contributed by atoms with Crippen LogP contribution in [0.2, 0.25) is 25.7 Å². The summed E-state index contributed by atoms with van der Waals surface area (Å²) in [7, 11) is -1.17. The van der Waals surface area contributed by atoms with Gasteiger partial charge in [-0.2, -0.15) is 0 Å². The van der Waals surface area contributed by atoms with Crippen LogP contribution in [-0.2, 0) is 24.6 Å². The molecule has 0 bridgehead atoms. The molecule has 1 aliphatic heterocycles. The molecule has 152 valence electrons. The Hall–Kier alpha value is -2.64. The Kier molecular flexibility index (Phi) is 5.18. The maximum absolute atomic E-state index is 12.6. The largest absolute Gasteiger partial charge is 0.421 e. The Bertz CT molecular complexity index is 1110. The van der Waals surface area contributed by atoms with E-state index in [1.54, 1.807) is 4.90 Å². The lowest BCUT2D eigenvalue weighted by atomic mass is 10.1. The summed E-state index contributed by atoms with van der Waals surface area (Å²) in [4.78, 5) is 26.6. The van der Waals surface area contributed by atoms with Crippen molar-refractivity contribution in [3.8, 4) is 0 Å². The molecular weight excluding hydrogens is 384 g/mol. The third-order valence-electron chi connectivity index (χ3n) is 5.22. The van der Waals surface area contributed by atoms with Crippen LogP contribution in [0.25, 0.3) is 11.1 Å². The number of ether oxygens (including phenoxy) is 1. The fourth-order valence-corrected chi connectivity index (χ4v) is 4.28. The van der Waals surface area contributed by atoms with Gasteiger partial charge in [-0.25, -0.2) is 9.36 Å². The third kappa shape index (κ3) is 4.20. The number of rotatable bonds is 7. The van der Waals surface area contributed by atoms with E-state index in [2.05, 4.69) is 19.6 Å². The second-order valence-corrected chi connectivity index (χ2v) is 14.4. The van der Waals surface area contributed by atoms with Gasteiger partial charge in [-0.05, 0) is 35.4 Å². The van der Waals surface area contributed by atoms with Crippen LogP contribution in [-0.4, -0.2) is 30.1 Å². The zero-order valence-electron chi connectivity index (χ0n) is 17.1. The van der Waals surface area contributed by atoms with Crippen LogP contribution in [0.3, 0.4) is 0 Å².